The Bertz CT molecular complexity index is 440. The van der Waals surface area contributed by atoms with Gasteiger partial charge in [0.1, 0.15) is 0 Å². The van der Waals surface area contributed by atoms with Crippen LogP contribution in [0.1, 0.15) is 48.2 Å². The zero-order chi connectivity index (χ0) is 13.7. The third-order valence-electron chi connectivity index (χ3n) is 4.03. The van der Waals surface area contributed by atoms with Gasteiger partial charge in [-0.1, -0.05) is 19.3 Å². The molecule has 0 aromatic carbocycles. The number of aromatic nitrogens is 1. The van der Waals surface area contributed by atoms with Gasteiger partial charge < -0.3 is 10.4 Å². The molecule has 1 aliphatic rings. The van der Waals surface area contributed by atoms with Gasteiger partial charge >= 0.3 is 0 Å². The van der Waals surface area contributed by atoms with Crippen LogP contribution < -0.4 is 5.32 Å². The summed E-state index contributed by atoms with van der Waals surface area (Å²) in [7, 11) is 0. The Morgan fingerprint density at radius 1 is 1.42 bits per heavy atom. The van der Waals surface area contributed by atoms with E-state index in [-0.39, 0.29) is 17.9 Å². The molecule has 1 heterocycles. The zero-order valence-corrected chi connectivity index (χ0v) is 11.5. The molecule has 1 fully saturated rings. The van der Waals surface area contributed by atoms with Crippen LogP contribution in [0.5, 0.6) is 0 Å². The highest BCUT2D eigenvalue weighted by molar-refractivity contribution is 5.94. The number of amides is 1. The lowest BCUT2D eigenvalue weighted by Crippen LogP contribution is -2.41. The van der Waals surface area contributed by atoms with Crippen LogP contribution in [0.25, 0.3) is 0 Å². The standard InChI is InChI=1S/C15H22N2O2/c1-12-9-13(5-8-16-12)14(19)17-10-15(11-18)6-3-2-4-7-15/h5,8-9,18H,2-4,6-7,10-11H2,1H3,(H,17,19). The molecule has 1 saturated carbocycles. The van der Waals surface area contributed by atoms with E-state index in [1.54, 1.807) is 18.3 Å². The lowest BCUT2D eigenvalue weighted by Gasteiger charge is -2.35. The van der Waals surface area contributed by atoms with Crippen LogP contribution in [-0.4, -0.2) is 29.1 Å². The number of nitrogens with one attached hydrogen (secondary N) is 1. The molecule has 4 heteroatoms. The molecule has 0 atom stereocenters. The summed E-state index contributed by atoms with van der Waals surface area (Å²) >= 11 is 0. The van der Waals surface area contributed by atoms with Crippen LogP contribution in [-0.2, 0) is 0 Å². The van der Waals surface area contributed by atoms with Crippen LogP contribution >= 0.6 is 0 Å². The molecule has 2 N–H and O–H groups in total. The van der Waals surface area contributed by atoms with Gasteiger partial charge in [-0.2, -0.15) is 0 Å². The lowest BCUT2D eigenvalue weighted by atomic mass is 9.74. The summed E-state index contributed by atoms with van der Waals surface area (Å²) in [6.45, 7) is 2.58. The maximum Gasteiger partial charge on any atom is 0.251 e. The highest BCUT2D eigenvalue weighted by atomic mass is 16.3. The van der Waals surface area contributed by atoms with Crippen molar-refractivity contribution in [1.29, 1.82) is 0 Å². The van der Waals surface area contributed by atoms with Gasteiger partial charge in [-0.15, -0.1) is 0 Å². The number of aliphatic hydroxyl groups is 1. The van der Waals surface area contributed by atoms with Crippen LogP contribution in [0.2, 0.25) is 0 Å². The van der Waals surface area contributed by atoms with Crippen LogP contribution in [0.15, 0.2) is 18.3 Å². The Morgan fingerprint density at radius 3 is 2.79 bits per heavy atom. The van der Waals surface area contributed by atoms with E-state index in [1.165, 1.54) is 6.42 Å². The van der Waals surface area contributed by atoms with Crippen LogP contribution in [0, 0.1) is 12.3 Å². The van der Waals surface area contributed by atoms with Crippen molar-refractivity contribution in [3.05, 3.63) is 29.6 Å². The van der Waals surface area contributed by atoms with E-state index in [4.69, 9.17) is 0 Å². The maximum atomic E-state index is 12.1. The van der Waals surface area contributed by atoms with E-state index in [2.05, 4.69) is 10.3 Å². The molecule has 4 nitrogen and oxygen atoms in total. The summed E-state index contributed by atoms with van der Waals surface area (Å²) in [6.07, 6.45) is 7.17. The first-order valence-corrected chi connectivity index (χ1v) is 6.97. The molecular weight excluding hydrogens is 240 g/mol. The molecule has 19 heavy (non-hydrogen) atoms. The quantitative estimate of drug-likeness (QED) is 0.873. The summed E-state index contributed by atoms with van der Waals surface area (Å²) in [5.74, 6) is -0.0797. The van der Waals surface area contributed by atoms with Crippen molar-refractivity contribution in [3.8, 4) is 0 Å². The number of carbonyl (C=O) groups is 1. The van der Waals surface area contributed by atoms with Gasteiger partial charge in [0, 0.05) is 29.4 Å². The number of hydrogen-bond acceptors (Lipinski definition) is 3. The topological polar surface area (TPSA) is 62.2 Å². The number of aliphatic hydroxyl groups excluding tert-OH is 1. The van der Waals surface area contributed by atoms with Gasteiger partial charge in [-0.05, 0) is 31.9 Å². The Morgan fingerprint density at radius 2 is 2.16 bits per heavy atom. The second-order valence-corrected chi connectivity index (χ2v) is 5.59. The van der Waals surface area contributed by atoms with Crippen LogP contribution in [0.4, 0.5) is 0 Å². The fourth-order valence-corrected chi connectivity index (χ4v) is 2.75. The minimum atomic E-state index is -0.115. The number of carbonyl (C=O) groups excluding carboxylic acids is 1. The number of aryl methyl sites for hydroxylation is 1. The van der Waals surface area contributed by atoms with Crippen molar-refractivity contribution in [2.24, 2.45) is 5.41 Å². The highest BCUT2D eigenvalue weighted by Crippen LogP contribution is 2.35. The minimum absolute atomic E-state index is 0.0797. The van der Waals surface area contributed by atoms with E-state index in [0.717, 1.165) is 31.4 Å². The van der Waals surface area contributed by atoms with E-state index in [0.29, 0.717) is 12.1 Å². The fourth-order valence-electron chi connectivity index (χ4n) is 2.75. The maximum absolute atomic E-state index is 12.1. The average molecular weight is 262 g/mol. The molecule has 1 aliphatic carbocycles. The van der Waals surface area contributed by atoms with Crippen molar-refractivity contribution in [2.75, 3.05) is 13.2 Å². The second-order valence-electron chi connectivity index (χ2n) is 5.59. The molecule has 1 aromatic heterocycles. The predicted octanol–water partition coefficient (Wildman–Crippen LogP) is 2.06. The Hall–Kier alpha value is -1.42. The van der Waals surface area contributed by atoms with E-state index in [9.17, 15) is 9.90 Å². The third-order valence-corrected chi connectivity index (χ3v) is 4.03. The molecule has 2 rings (SSSR count). The normalized spacial score (nSPS) is 18.0. The van der Waals surface area contributed by atoms with Crippen molar-refractivity contribution in [2.45, 2.75) is 39.0 Å². The molecular formula is C15H22N2O2. The first-order valence-electron chi connectivity index (χ1n) is 6.97. The SMILES string of the molecule is Cc1cc(C(=O)NCC2(CO)CCCCC2)ccn1. The third kappa shape index (κ3) is 3.53. The highest BCUT2D eigenvalue weighted by Gasteiger charge is 2.31. The number of rotatable bonds is 4. The summed E-state index contributed by atoms with van der Waals surface area (Å²) in [6, 6.07) is 3.50. The predicted molar refractivity (Wildman–Crippen MR) is 73.9 cm³/mol. The van der Waals surface area contributed by atoms with E-state index in [1.807, 2.05) is 6.92 Å². The fraction of sp³-hybridized carbons (Fsp3) is 0.600. The zero-order valence-electron chi connectivity index (χ0n) is 11.5. The largest absolute Gasteiger partial charge is 0.396 e. The van der Waals surface area contributed by atoms with E-state index < -0.39 is 0 Å². The van der Waals surface area contributed by atoms with Gasteiger partial charge in [0.15, 0.2) is 0 Å². The van der Waals surface area contributed by atoms with Crippen molar-refractivity contribution in [3.63, 3.8) is 0 Å². The van der Waals surface area contributed by atoms with Crippen LogP contribution in [0.3, 0.4) is 0 Å². The molecule has 1 amide bonds. The smallest absolute Gasteiger partial charge is 0.251 e. The summed E-state index contributed by atoms with van der Waals surface area (Å²) < 4.78 is 0. The molecule has 104 valence electrons. The Kier molecular flexibility index (Phi) is 4.53. The van der Waals surface area contributed by atoms with Gasteiger partial charge in [0.05, 0.1) is 6.61 Å². The van der Waals surface area contributed by atoms with Gasteiger partial charge in [0.25, 0.3) is 5.91 Å². The first-order chi connectivity index (χ1) is 9.15. The van der Waals surface area contributed by atoms with E-state index >= 15 is 0 Å². The van der Waals surface area contributed by atoms with Crippen molar-refractivity contribution < 1.29 is 9.90 Å². The molecule has 0 radical (unpaired) electrons. The summed E-state index contributed by atoms with van der Waals surface area (Å²) in [5, 5.41) is 12.6. The summed E-state index contributed by atoms with van der Waals surface area (Å²) in [5.41, 5.74) is 1.36. The molecule has 0 saturated heterocycles. The average Bonchev–Trinajstić information content (AvgIpc) is 2.46. The molecule has 1 aromatic rings. The number of pyridine rings is 1. The Labute approximate surface area is 114 Å². The van der Waals surface area contributed by atoms with Crippen molar-refractivity contribution >= 4 is 5.91 Å². The molecule has 0 spiro atoms. The summed E-state index contributed by atoms with van der Waals surface area (Å²) in [4.78, 5) is 16.2. The Balaban J connectivity index is 1.95. The van der Waals surface area contributed by atoms with Gasteiger partial charge in [-0.25, -0.2) is 0 Å². The second kappa shape index (κ2) is 6.15. The first kappa shape index (κ1) is 14.0. The number of nitrogens with zero attached hydrogens (tertiary/aromatic N) is 1. The molecule has 0 unspecified atom stereocenters. The van der Waals surface area contributed by atoms with Crippen molar-refractivity contribution in [1.82, 2.24) is 10.3 Å². The molecule has 0 aliphatic heterocycles. The van der Waals surface area contributed by atoms with Gasteiger partial charge in [0.2, 0.25) is 0 Å². The van der Waals surface area contributed by atoms with Gasteiger partial charge in [-0.3, -0.25) is 9.78 Å². The molecule has 0 bridgehead atoms. The minimum Gasteiger partial charge on any atom is -0.396 e. The number of hydrogen-bond donors (Lipinski definition) is 2. The monoisotopic (exact) mass is 262 g/mol. The lowest BCUT2D eigenvalue weighted by molar-refractivity contribution is 0.0718.